The Labute approximate surface area is 229 Å². The van der Waals surface area contributed by atoms with Crippen molar-refractivity contribution >= 4 is 38.8 Å². The average Bonchev–Trinajstić information content (AvgIpc) is 3.38. The lowest BCUT2D eigenvalue weighted by Crippen LogP contribution is -2.40. The molecule has 9 nitrogen and oxygen atoms in total. The molecule has 0 radical (unpaired) electrons. The smallest absolute Gasteiger partial charge is 0.327 e. The Morgan fingerprint density at radius 1 is 0.950 bits per heavy atom. The second kappa shape index (κ2) is 9.91. The van der Waals surface area contributed by atoms with Gasteiger partial charge in [-0.1, -0.05) is 48.5 Å². The number of sulfonamides is 1. The first kappa shape index (κ1) is 25.8. The molecule has 4 amide bonds. The summed E-state index contributed by atoms with van der Waals surface area (Å²) < 4.78 is 42.5. The van der Waals surface area contributed by atoms with E-state index in [1.54, 1.807) is 30.3 Å². The summed E-state index contributed by atoms with van der Waals surface area (Å²) in [4.78, 5) is 41.6. The second-order valence-corrected chi connectivity index (χ2v) is 11.5. The predicted octanol–water partition coefficient (Wildman–Crippen LogP) is 3.41. The van der Waals surface area contributed by atoms with E-state index >= 15 is 0 Å². The van der Waals surface area contributed by atoms with E-state index in [-0.39, 0.29) is 30.2 Å². The van der Waals surface area contributed by atoms with E-state index in [9.17, 15) is 27.2 Å². The van der Waals surface area contributed by atoms with Crippen LogP contribution in [0.2, 0.25) is 0 Å². The maximum Gasteiger partial charge on any atom is 0.327 e. The van der Waals surface area contributed by atoms with Crippen LogP contribution in [-0.4, -0.2) is 53.2 Å². The number of benzene rings is 3. The van der Waals surface area contributed by atoms with Crippen molar-refractivity contribution in [3.05, 3.63) is 102 Å². The third kappa shape index (κ3) is 4.51. The number of fused-ring (bicyclic) bond motifs is 4. The van der Waals surface area contributed by atoms with Crippen molar-refractivity contribution in [1.29, 1.82) is 0 Å². The molecule has 6 rings (SSSR count). The monoisotopic (exact) mass is 560 g/mol. The third-order valence-electron chi connectivity index (χ3n) is 7.43. The number of halogens is 1. The zero-order valence-electron chi connectivity index (χ0n) is 21.3. The molecule has 11 heteroatoms. The Morgan fingerprint density at radius 2 is 1.65 bits per heavy atom. The molecule has 0 bridgehead atoms. The van der Waals surface area contributed by atoms with Crippen molar-refractivity contribution < 1.29 is 27.2 Å². The minimum atomic E-state index is -4.06. The first-order chi connectivity index (χ1) is 19.2. The zero-order valence-corrected chi connectivity index (χ0v) is 22.1. The number of aromatic nitrogens is 1. The molecule has 0 aliphatic carbocycles. The van der Waals surface area contributed by atoms with Crippen LogP contribution in [0.1, 0.15) is 23.2 Å². The van der Waals surface area contributed by atoms with Crippen molar-refractivity contribution in [3.8, 4) is 0 Å². The number of urea groups is 1. The number of nitrogens with zero attached hydrogens (tertiary/aromatic N) is 3. The summed E-state index contributed by atoms with van der Waals surface area (Å²) in [7, 11) is -4.06. The number of rotatable bonds is 7. The summed E-state index contributed by atoms with van der Waals surface area (Å²) in [6.07, 6.45) is -0.0291. The molecule has 1 saturated heterocycles. The van der Waals surface area contributed by atoms with Crippen molar-refractivity contribution in [2.24, 2.45) is 0 Å². The molecule has 1 atom stereocenters. The van der Waals surface area contributed by atoms with Crippen molar-refractivity contribution in [1.82, 2.24) is 19.1 Å². The van der Waals surface area contributed by atoms with E-state index in [1.165, 1.54) is 29.2 Å². The van der Waals surface area contributed by atoms with Gasteiger partial charge in [0.2, 0.25) is 5.91 Å². The van der Waals surface area contributed by atoms with Gasteiger partial charge in [0.25, 0.3) is 15.9 Å². The summed E-state index contributed by atoms with van der Waals surface area (Å²) >= 11 is 0. The highest BCUT2D eigenvalue weighted by atomic mass is 32.2. The summed E-state index contributed by atoms with van der Waals surface area (Å²) in [5.41, 5.74) is 3.74. The number of imide groups is 1. The number of hydrogen-bond donors (Lipinski definition) is 1. The van der Waals surface area contributed by atoms with Crippen LogP contribution in [0.3, 0.4) is 0 Å². The molecule has 0 saturated carbocycles. The lowest BCUT2D eigenvalue weighted by molar-refractivity contribution is -0.128. The van der Waals surface area contributed by atoms with Gasteiger partial charge < -0.3 is 9.47 Å². The van der Waals surface area contributed by atoms with Gasteiger partial charge in [0.15, 0.2) is 0 Å². The zero-order chi connectivity index (χ0) is 28.0. The first-order valence-electron chi connectivity index (χ1n) is 12.8. The maximum absolute atomic E-state index is 13.5. The molecule has 2 aliphatic heterocycles. The first-order valence-corrected chi connectivity index (χ1v) is 14.3. The average molecular weight is 561 g/mol. The van der Waals surface area contributed by atoms with Crippen LogP contribution in [0, 0.1) is 5.82 Å². The summed E-state index contributed by atoms with van der Waals surface area (Å²) in [5.74, 6) is -1.54. The number of hydrogen-bond acceptors (Lipinski definition) is 5. The number of nitrogens with one attached hydrogen (secondary N) is 1. The normalized spacial score (nSPS) is 16.8. The van der Waals surface area contributed by atoms with Crippen molar-refractivity contribution in [2.75, 3.05) is 6.54 Å². The maximum atomic E-state index is 13.5. The number of carbonyl (C=O) groups is 3. The fourth-order valence-corrected chi connectivity index (χ4v) is 6.53. The molecule has 2 aliphatic rings. The summed E-state index contributed by atoms with van der Waals surface area (Å²) in [6.45, 7) is 0.434. The van der Waals surface area contributed by atoms with E-state index in [1.807, 2.05) is 29.0 Å². The van der Waals surface area contributed by atoms with Gasteiger partial charge in [-0.25, -0.2) is 22.3 Å². The summed E-state index contributed by atoms with van der Waals surface area (Å²) in [5, 5.41) is 0.989. The van der Waals surface area contributed by atoms with E-state index < -0.39 is 33.9 Å². The van der Waals surface area contributed by atoms with Gasteiger partial charge in [0, 0.05) is 42.5 Å². The highest BCUT2D eigenvalue weighted by molar-refractivity contribution is 7.90. The predicted molar refractivity (Wildman–Crippen MR) is 144 cm³/mol. The fourth-order valence-electron chi connectivity index (χ4n) is 5.49. The molecule has 0 unspecified atom stereocenters. The molecule has 0 spiro atoms. The van der Waals surface area contributed by atoms with Gasteiger partial charge in [-0.15, -0.1) is 0 Å². The lowest BCUT2D eigenvalue weighted by Gasteiger charge is -2.28. The molecule has 4 aromatic rings. The molecular formula is C29H25FN4O5S. The van der Waals surface area contributed by atoms with Crippen LogP contribution in [0.15, 0.2) is 83.8 Å². The number of para-hydroxylation sites is 1. The largest absolute Gasteiger partial charge is 0.338 e. The van der Waals surface area contributed by atoms with Gasteiger partial charge in [-0.3, -0.25) is 14.5 Å². The standard InChI is InChI=1S/C29H25FN4O5S/c30-20-12-10-19(11-13-20)17-33-24-9-5-4-8-22(24)23-16-25-28(36)32(29(37)34(25)18-26(23)33)15-14-27(35)31-40(38,39)21-6-2-1-3-7-21/h1-13,25H,14-18H2,(H,31,35)/t25-/m0/s1. The third-order valence-corrected chi connectivity index (χ3v) is 8.82. The van der Waals surface area contributed by atoms with E-state index in [2.05, 4.69) is 4.57 Å². The molecular weight excluding hydrogens is 535 g/mol. The minimum Gasteiger partial charge on any atom is -0.338 e. The van der Waals surface area contributed by atoms with Crippen molar-refractivity contribution in [2.45, 2.75) is 36.9 Å². The Morgan fingerprint density at radius 3 is 2.40 bits per heavy atom. The molecule has 40 heavy (non-hydrogen) atoms. The Balaban J connectivity index is 1.21. The second-order valence-electron chi connectivity index (χ2n) is 9.87. The van der Waals surface area contributed by atoms with Gasteiger partial charge in [0.05, 0.1) is 11.4 Å². The quantitative estimate of drug-likeness (QED) is 0.349. The molecule has 3 aromatic carbocycles. The minimum absolute atomic E-state index is 0.0557. The summed E-state index contributed by atoms with van der Waals surface area (Å²) in [6, 6.07) is 20.3. The van der Waals surface area contributed by atoms with Crippen LogP contribution >= 0.6 is 0 Å². The topological polar surface area (TPSA) is 109 Å². The van der Waals surface area contributed by atoms with Gasteiger partial charge in [-0.05, 0) is 41.5 Å². The van der Waals surface area contributed by atoms with E-state index in [0.717, 1.165) is 32.6 Å². The highest BCUT2D eigenvalue weighted by Gasteiger charge is 2.48. The fraction of sp³-hybridized carbons (Fsp3) is 0.207. The van der Waals surface area contributed by atoms with Crippen LogP contribution in [0.25, 0.3) is 10.9 Å². The Kier molecular flexibility index (Phi) is 6.38. The van der Waals surface area contributed by atoms with Gasteiger partial charge >= 0.3 is 6.03 Å². The van der Waals surface area contributed by atoms with Crippen LogP contribution in [0.4, 0.5) is 9.18 Å². The molecule has 3 heterocycles. The molecule has 1 N–H and O–H groups in total. The van der Waals surface area contributed by atoms with Gasteiger partial charge in [-0.2, -0.15) is 0 Å². The van der Waals surface area contributed by atoms with Gasteiger partial charge in [0.1, 0.15) is 11.9 Å². The molecule has 204 valence electrons. The molecule has 1 aromatic heterocycles. The van der Waals surface area contributed by atoms with Crippen LogP contribution < -0.4 is 4.72 Å². The van der Waals surface area contributed by atoms with Crippen molar-refractivity contribution in [3.63, 3.8) is 0 Å². The highest BCUT2D eigenvalue weighted by Crippen LogP contribution is 2.37. The number of amides is 4. The van der Waals surface area contributed by atoms with Crippen LogP contribution in [0.5, 0.6) is 0 Å². The Bertz CT molecular complexity index is 1750. The lowest BCUT2D eigenvalue weighted by atomic mass is 9.97. The van der Waals surface area contributed by atoms with Crippen LogP contribution in [-0.2, 0) is 39.1 Å². The Hall–Kier alpha value is -4.51. The number of carbonyl (C=O) groups excluding carboxylic acids is 3. The SMILES string of the molecule is O=C(CCN1C(=O)[C@@H]2Cc3c(n(Cc4ccc(F)cc4)c4ccccc34)CN2C1=O)NS(=O)(=O)c1ccccc1. The van der Waals surface area contributed by atoms with E-state index in [4.69, 9.17) is 0 Å². The molecule has 1 fully saturated rings. The van der Waals surface area contributed by atoms with E-state index in [0.29, 0.717) is 13.0 Å².